The van der Waals surface area contributed by atoms with Gasteiger partial charge in [-0.3, -0.25) is 0 Å². The molecular formula is C8H15N5O. The van der Waals surface area contributed by atoms with Crippen molar-refractivity contribution in [1.29, 1.82) is 0 Å². The molecule has 0 radical (unpaired) electrons. The fraction of sp³-hybridized carbons (Fsp3) is 0.500. The second-order valence-electron chi connectivity index (χ2n) is 2.89. The van der Waals surface area contributed by atoms with Crippen LogP contribution in [0, 0.1) is 0 Å². The van der Waals surface area contributed by atoms with Gasteiger partial charge in [0, 0.05) is 38.4 Å². The van der Waals surface area contributed by atoms with E-state index in [-0.39, 0.29) is 5.84 Å². The summed E-state index contributed by atoms with van der Waals surface area (Å²) in [7, 11) is 0. The number of hydrogen-bond donors (Lipinski definition) is 3. The summed E-state index contributed by atoms with van der Waals surface area (Å²) in [5.41, 5.74) is 5.29. The Bertz CT molecular complexity index is 269. The summed E-state index contributed by atoms with van der Waals surface area (Å²) in [4.78, 5) is 3.93. The maximum absolute atomic E-state index is 8.26. The van der Waals surface area contributed by atoms with Crippen molar-refractivity contribution in [3.63, 3.8) is 0 Å². The summed E-state index contributed by atoms with van der Waals surface area (Å²) in [5, 5.41) is 14.3. The standard InChI is InChI=1S/C8H15N5O/c9-8(12-14)1-2-10-3-5-13-6-4-11-7-13/h4,6-7,10,14H,1-3,5H2,(H2,9,12). The molecule has 0 aliphatic carbocycles. The molecule has 78 valence electrons. The molecular weight excluding hydrogens is 182 g/mol. The maximum Gasteiger partial charge on any atom is 0.140 e. The van der Waals surface area contributed by atoms with E-state index in [2.05, 4.69) is 15.5 Å². The van der Waals surface area contributed by atoms with Gasteiger partial charge in [-0.2, -0.15) is 0 Å². The first-order valence-electron chi connectivity index (χ1n) is 4.46. The van der Waals surface area contributed by atoms with Gasteiger partial charge in [0.1, 0.15) is 5.84 Å². The molecule has 1 rings (SSSR count). The molecule has 0 fully saturated rings. The number of aromatic nitrogens is 2. The Kier molecular flexibility index (Phi) is 4.49. The summed E-state index contributed by atoms with van der Waals surface area (Å²) in [6, 6.07) is 0. The first kappa shape index (κ1) is 10.5. The lowest BCUT2D eigenvalue weighted by molar-refractivity contribution is 0.316. The molecule has 0 atom stereocenters. The molecule has 14 heavy (non-hydrogen) atoms. The van der Waals surface area contributed by atoms with Crippen LogP contribution in [0.25, 0.3) is 0 Å². The van der Waals surface area contributed by atoms with Crippen LogP contribution in [0.3, 0.4) is 0 Å². The number of nitrogens with zero attached hydrogens (tertiary/aromatic N) is 3. The van der Waals surface area contributed by atoms with Gasteiger partial charge >= 0.3 is 0 Å². The Hall–Kier alpha value is -1.56. The van der Waals surface area contributed by atoms with Crippen LogP contribution in [0.5, 0.6) is 0 Å². The van der Waals surface area contributed by atoms with Gasteiger partial charge in [-0.1, -0.05) is 5.16 Å². The van der Waals surface area contributed by atoms with Gasteiger partial charge in [-0.25, -0.2) is 4.98 Å². The average Bonchev–Trinajstić information content (AvgIpc) is 2.69. The van der Waals surface area contributed by atoms with Gasteiger partial charge in [0.2, 0.25) is 0 Å². The van der Waals surface area contributed by atoms with E-state index in [1.807, 2.05) is 10.8 Å². The van der Waals surface area contributed by atoms with E-state index >= 15 is 0 Å². The minimum atomic E-state index is 0.250. The quantitative estimate of drug-likeness (QED) is 0.190. The first-order valence-corrected chi connectivity index (χ1v) is 4.46. The highest BCUT2D eigenvalue weighted by molar-refractivity contribution is 5.79. The monoisotopic (exact) mass is 197 g/mol. The molecule has 0 bridgehead atoms. The van der Waals surface area contributed by atoms with E-state index in [1.165, 1.54) is 0 Å². The number of imidazole rings is 1. The molecule has 6 nitrogen and oxygen atoms in total. The Balaban J connectivity index is 2.00. The maximum atomic E-state index is 8.26. The van der Waals surface area contributed by atoms with E-state index in [4.69, 9.17) is 10.9 Å². The summed E-state index contributed by atoms with van der Waals surface area (Å²) >= 11 is 0. The highest BCUT2D eigenvalue weighted by Crippen LogP contribution is 1.84. The van der Waals surface area contributed by atoms with Crippen LogP contribution in [0.2, 0.25) is 0 Å². The fourth-order valence-corrected chi connectivity index (χ4v) is 1.02. The van der Waals surface area contributed by atoms with Crippen LogP contribution in [0.1, 0.15) is 6.42 Å². The number of rotatable bonds is 6. The lowest BCUT2D eigenvalue weighted by Crippen LogP contribution is -2.25. The van der Waals surface area contributed by atoms with E-state index in [0.717, 1.165) is 13.1 Å². The highest BCUT2D eigenvalue weighted by Gasteiger charge is 1.93. The molecule has 0 aliphatic rings. The van der Waals surface area contributed by atoms with Crippen molar-refractivity contribution >= 4 is 5.84 Å². The molecule has 6 heteroatoms. The van der Waals surface area contributed by atoms with Gasteiger partial charge in [0.25, 0.3) is 0 Å². The van der Waals surface area contributed by atoms with Crippen molar-refractivity contribution in [3.8, 4) is 0 Å². The van der Waals surface area contributed by atoms with Crippen molar-refractivity contribution in [1.82, 2.24) is 14.9 Å². The average molecular weight is 197 g/mol. The van der Waals surface area contributed by atoms with Crippen LogP contribution < -0.4 is 11.1 Å². The van der Waals surface area contributed by atoms with Gasteiger partial charge in [0.05, 0.1) is 6.33 Å². The van der Waals surface area contributed by atoms with Gasteiger partial charge in [-0.05, 0) is 0 Å². The smallest absolute Gasteiger partial charge is 0.140 e. The number of amidine groups is 1. The fourth-order valence-electron chi connectivity index (χ4n) is 1.02. The molecule has 0 saturated heterocycles. The summed E-state index contributed by atoms with van der Waals surface area (Å²) in [6.07, 6.45) is 5.98. The van der Waals surface area contributed by atoms with Crippen molar-refractivity contribution in [2.75, 3.05) is 13.1 Å². The van der Waals surface area contributed by atoms with Gasteiger partial charge < -0.3 is 20.8 Å². The van der Waals surface area contributed by atoms with E-state index in [1.54, 1.807) is 12.5 Å². The summed E-state index contributed by atoms with van der Waals surface area (Å²) in [6.45, 7) is 2.43. The lowest BCUT2D eigenvalue weighted by atomic mass is 10.4. The molecule has 1 heterocycles. The van der Waals surface area contributed by atoms with Crippen molar-refractivity contribution in [3.05, 3.63) is 18.7 Å². The SMILES string of the molecule is NC(CCNCCn1ccnc1)=NO. The zero-order valence-corrected chi connectivity index (χ0v) is 7.93. The zero-order valence-electron chi connectivity index (χ0n) is 7.93. The Morgan fingerprint density at radius 1 is 1.57 bits per heavy atom. The Morgan fingerprint density at radius 3 is 3.07 bits per heavy atom. The third kappa shape index (κ3) is 3.90. The second kappa shape index (κ2) is 5.98. The van der Waals surface area contributed by atoms with Crippen LogP contribution >= 0.6 is 0 Å². The van der Waals surface area contributed by atoms with Crippen LogP contribution in [-0.2, 0) is 6.54 Å². The summed E-state index contributed by atoms with van der Waals surface area (Å²) < 4.78 is 1.98. The number of hydrogen-bond acceptors (Lipinski definition) is 4. The normalized spacial score (nSPS) is 11.9. The predicted octanol–water partition coefficient (Wildman–Crippen LogP) is -0.391. The van der Waals surface area contributed by atoms with Crippen molar-refractivity contribution < 1.29 is 5.21 Å². The molecule has 0 saturated carbocycles. The molecule has 0 spiro atoms. The molecule has 1 aromatic heterocycles. The third-order valence-corrected chi connectivity index (χ3v) is 1.79. The minimum Gasteiger partial charge on any atom is -0.409 e. The number of nitrogens with two attached hydrogens (primary N) is 1. The Labute approximate surface area is 82.4 Å². The van der Waals surface area contributed by atoms with Crippen LogP contribution in [0.15, 0.2) is 23.9 Å². The van der Waals surface area contributed by atoms with E-state index < -0.39 is 0 Å². The van der Waals surface area contributed by atoms with Crippen LogP contribution in [-0.4, -0.2) is 33.7 Å². The molecule has 0 amide bonds. The number of oxime groups is 1. The third-order valence-electron chi connectivity index (χ3n) is 1.79. The molecule has 4 N–H and O–H groups in total. The summed E-state index contributed by atoms with van der Waals surface area (Å²) in [5.74, 6) is 0.250. The minimum absolute atomic E-state index is 0.250. The van der Waals surface area contributed by atoms with Crippen molar-refractivity contribution in [2.45, 2.75) is 13.0 Å². The molecule has 1 aromatic rings. The molecule has 0 aromatic carbocycles. The van der Waals surface area contributed by atoms with Gasteiger partial charge in [-0.15, -0.1) is 0 Å². The zero-order chi connectivity index (χ0) is 10.2. The first-order chi connectivity index (χ1) is 6.83. The molecule has 0 aliphatic heterocycles. The van der Waals surface area contributed by atoms with E-state index in [9.17, 15) is 0 Å². The number of nitrogens with one attached hydrogen (secondary N) is 1. The van der Waals surface area contributed by atoms with Gasteiger partial charge in [0.15, 0.2) is 0 Å². The van der Waals surface area contributed by atoms with Crippen molar-refractivity contribution in [2.24, 2.45) is 10.9 Å². The van der Waals surface area contributed by atoms with Crippen LogP contribution in [0.4, 0.5) is 0 Å². The van der Waals surface area contributed by atoms with E-state index in [0.29, 0.717) is 13.0 Å². The highest BCUT2D eigenvalue weighted by atomic mass is 16.4. The largest absolute Gasteiger partial charge is 0.409 e. The second-order valence-corrected chi connectivity index (χ2v) is 2.89. The topological polar surface area (TPSA) is 88.5 Å². The predicted molar refractivity (Wildman–Crippen MR) is 53.1 cm³/mol. The molecule has 0 unspecified atom stereocenters. The Morgan fingerprint density at radius 2 is 2.43 bits per heavy atom. The lowest BCUT2D eigenvalue weighted by Gasteiger charge is -2.04.